The van der Waals surface area contributed by atoms with Crippen LogP contribution in [0.2, 0.25) is 5.15 Å². The van der Waals surface area contributed by atoms with Gasteiger partial charge in [0.1, 0.15) is 3.70 Å². The van der Waals surface area contributed by atoms with Crippen LogP contribution < -0.4 is 0 Å². The Bertz CT molecular complexity index is 371. The van der Waals surface area contributed by atoms with Crippen molar-refractivity contribution in [2.24, 2.45) is 0 Å². The summed E-state index contributed by atoms with van der Waals surface area (Å²) in [5.74, 6) is -0.539. The standard InChI is InChI=1S/C8H8ClIN2O2/c1-3-14-8(13)5-6(9)11-4(2)7(10)12-5/h3H2,1-2H3. The van der Waals surface area contributed by atoms with Gasteiger partial charge in [-0.15, -0.1) is 0 Å². The Morgan fingerprint density at radius 2 is 2.21 bits per heavy atom. The second-order valence-electron chi connectivity index (χ2n) is 2.46. The number of nitrogens with zero attached hydrogens (tertiary/aromatic N) is 2. The number of carbonyl (C=O) groups is 1. The normalized spacial score (nSPS) is 10.0. The van der Waals surface area contributed by atoms with Gasteiger partial charge in [0, 0.05) is 0 Å². The van der Waals surface area contributed by atoms with Gasteiger partial charge in [0.2, 0.25) is 0 Å². The minimum atomic E-state index is -0.539. The molecule has 4 nitrogen and oxygen atoms in total. The van der Waals surface area contributed by atoms with E-state index in [-0.39, 0.29) is 10.8 Å². The van der Waals surface area contributed by atoms with Gasteiger partial charge in [0.25, 0.3) is 0 Å². The molecule has 1 heterocycles. The van der Waals surface area contributed by atoms with Crippen LogP contribution in [0, 0.1) is 10.6 Å². The number of aromatic nitrogens is 2. The highest BCUT2D eigenvalue weighted by Gasteiger charge is 2.16. The number of hydrogen-bond acceptors (Lipinski definition) is 4. The van der Waals surface area contributed by atoms with E-state index < -0.39 is 5.97 Å². The third-order valence-corrected chi connectivity index (χ3v) is 2.72. The van der Waals surface area contributed by atoms with Crippen LogP contribution in [-0.2, 0) is 4.74 Å². The monoisotopic (exact) mass is 326 g/mol. The Morgan fingerprint density at radius 3 is 2.79 bits per heavy atom. The van der Waals surface area contributed by atoms with E-state index in [1.807, 2.05) is 22.6 Å². The summed E-state index contributed by atoms with van der Waals surface area (Å²) in [6.07, 6.45) is 0. The third-order valence-electron chi connectivity index (χ3n) is 1.44. The van der Waals surface area contributed by atoms with Crippen molar-refractivity contribution in [1.29, 1.82) is 0 Å². The minimum absolute atomic E-state index is 0.0727. The van der Waals surface area contributed by atoms with Crippen LogP contribution in [0.3, 0.4) is 0 Å². The molecule has 0 aliphatic heterocycles. The fraction of sp³-hybridized carbons (Fsp3) is 0.375. The lowest BCUT2D eigenvalue weighted by Crippen LogP contribution is -2.10. The summed E-state index contributed by atoms with van der Waals surface area (Å²) in [6, 6.07) is 0. The number of rotatable bonds is 2. The molecule has 0 radical (unpaired) electrons. The molecular weight excluding hydrogens is 318 g/mol. The van der Waals surface area contributed by atoms with Gasteiger partial charge in [0.15, 0.2) is 10.8 Å². The Hall–Kier alpha value is -0.430. The molecule has 1 aromatic heterocycles. The van der Waals surface area contributed by atoms with Crippen molar-refractivity contribution >= 4 is 40.2 Å². The van der Waals surface area contributed by atoms with Crippen LogP contribution in [0.1, 0.15) is 23.1 Å². The number of aryl methyl sites for hydroxylation is 1. The van der Waals surface area contributed by atoms with Crippen LogP contribution >= 0.6 is 34.2 Å². The molecule has 0 bridgehead atoms. The summed E-state index contributed by atoms with van der Waals surface area (Å²) in [7, 11) is 0. The fourth-order valence-electron chi connectivity index (χ4n) is 0.801. The van der Waals surface area contributed by atoms with Crippen LogP contribution in [0.15, 0.2) is 0 Å². The SMILES string of the molecule is CCOC(=O)c1nc(I)c(C)nc1Cl. The third kappa shape index (κ3) is 2.54. The average Bonchev–Trinajstić information content (AvgIpc) is 2.11. The van der Waals surface area contributed by atoms with Crippen molar-refractivity contribution in [2.45, 2.75) is 13.8 Å². The molecule has 0 amide bonds. The lowest BCUT2D eigenvalue weighted by molar-refractivity contribution is 0.0519. The lowest BCUT2D eigenvalue weighted by Gasteiger charge is -2.04. The van der Waals surface area contributed by atoms with Crippen molar-refractivity contribution in [3.8, 4) is 0 Å². The summed E-state index contributed by atoms with van der Waals surface area (Å²) in [4.78, 5) is 19.3. The van der Waals surface area contributed by atoms with Gasteiger partial charge < -0.3 is 4.74 Å². The highest BCUT2D eigenvalue weighted by atomic mass is 127. The quantitative estimate of drug-likeness (QED) is 0.618. The van der Waals surface area contributed by atoms with Crippen LogP contribution in [0.5, 0.6) is 0 Å². The highest BCUT2D eigenvalue weighted by Crippen LogP contribution is 2.15. The topological polar surface area (TPSA) is 52.1 Å². The Morgan fingerprint density at radius 1 is 1.57 bits per heavy atom. The molecular formula is C8H8ClIN2O2. The van der Waals surface area contributed by atoms with Crippen molar-refractivity contribution in [2.75, 3.05) is 6.61 Å². The summed E-state index contributed by atoms with van der Waals surface area (Å²) < 4.78 is 5.42. The molecule has 0 fully saturated rings. The molecule has 1 rings (SSSR count). The second kappa shape index (κ2) is 4.88. The van der Waals surface area contributed by atoms with Crippen molar-refractivity contribution in [1.82, 2.24) is 9.97 Å². The molecule has 0 N–H and O–H groups in total. The summed E-state index contributed by atoms with van der Waals surface area (Å²) in [6.45, 7) is 3.79. The minimum Gasteiger partial charge on any atom is -0.461 e. The molecule has 0 unspecified atom stereocenters. The van der Waals surface area contributed by atoms with E-state index in [0.29, 0.717) is 16.0 Å². The van der Waals surface area contributed by atoms with Crippen LogP contribution in [0.25, 0.3) is 0 Å². The number of esters is 1. The second-order valence-corrected chi connectivity index (χ2v) is 3.84. The first-order valence-corrected chi connectivity index (χ1v) is 5.38. The van der Waals surface area contributed by atoms with E-state index >= 15 is 0 Å². The average molecular weight is 327 g/mol. The van der Waals surface area contributed by atoms with E-state index in [1.165, 1.54) is 0 Å². The van der Waals surface area contributed by atoms with Gasteiger partial charge in [-0.2, -0.15) is 0 Å². The molecule has 0 saturated heterocycles. The molecule has 0 aromatic carbocycles. The summed E-state index contributed by atoms with van der Waals surface area (Å²) in [5, 5.41) is 0.0846. The van der Waals surface area contributed by atoms with E-state index in [1.54, 1.807) is 13.8 Å². The molecule has 0 aliphatic rings. The van der Waals surface area contributed by atoms with Gasteiger partial charge in [0.05, 0.1) is 12.3 Å². The van der Waals surface area contributed by atoms with Gasteiger partial charge in [-0.05, 0) is 36.4 Å². The van der Waals surface area contributed by atoms with Crippen LogP contribution in [-0.4, -0.2) is 22.5 Å². The number of hydrogen-bond donors (Lipinski definition) is 0. The molecule has 0 saturated carbocycles. The van der Waals surface area contributed by atoms with Gasteiger partial charge in [-0.1, -0.05) is 11.6 Å². The predicted octanol–water partition coefficient (Wildman–Crippen LogP) is 2.22. The zero-order valence-electron chi connectivity index (χ0n) is 7.67. The van der Waals surface area contributed by atoms with E-state index in [4.69, 9.17) is 16.3 Å². The first-order valence-electron chi connectivity index (χ1n) is 3.93. The zero-order chi connectivity index (χ0) is 10.7. The molecule has 1 aromatic rings. The molecule has 14 heavy (non-hydrogen) atoms. The predicted molar refractivity (Wildman–Crippen MR) is 60.5 cm³/mol. The van der Waals surface area contributed by atoms with E-state index in [2.05, 4.69) is 9.97 Å². The molecule has 76 valence electrons. The Kier molecular flexibility index (Phi) is 4.06. The zero-order valence-corrected chi connectivity index (χ0v) is 10.6. The van der Waals surface area contributed by atoms with Crippen molar-refractivity contribution in [3.05, 3.63) is 20.2 Å². The van der Waals surface area contributed by atoms with E-state index in [0.717, 1.165) is 0 Å². The number of halogens is 2. The highest BCUT2D eigenvalue weighted by molar-refractivity contribution is 14.1. The molecule has 0 aliphatic carbocycles. The van der Waals surface area contributed by atoms with Crippen LogP contribution in [0.4, 0.5) is 0 Å². The van der Waals surface area contributed by atoms with E-state index in [9.17, 15) is 4.79 Å². The summed E-state index contributed by atoms with van der Waals surface area (Å²) in [5.41, 5.74) is 0.771. The Balaban J connectivity index is 3.09. The maximum Gasteiger partial charge on any atom is 0.360 e. The fourth-order valence-corrected chi connectivity index (χ4v) is 1.41. The number of carbonyl (C=O) groups excluding carboxylic acids is 1. The smallest absolute Gasteiger partial charge is 0.360 e. The summed E-state index contributed by atoms with van der Waals surface area (Å²) >= 11 is 7.74. The largest absolute Gasteiger partial charge is 0.461 e. The first-order chi connectivity index (χ1) is 6.56. The van der Waals surface area contributed by atoms with Gasteiger partial charge in [-0.25, -0.2) is 14.8 Å². The Labute approximate surface area is 100 Å². The van der Waals surface area contributed by atoms with Crippen molar-refractivity contribution < 1.29 is 9.53 Å². The van der Waals surface area contributed by atoms with Gasteiger partial charge >= 0.3 is 5.97 Å². The first kappa shape index (κ1) is 11.6. The molecule has 6 heteroatoms. The van der Waals surface area contributed by atoms with Gasteiger partial charge in [-0.3, -0.25) is 0 Å². The number of ether oxygens (including phenoxy) is 1. The molecule has 0 atom stereocenters. The molecule has 0 spiro atoms. The maximum atomic E-state index is 11.3. The lowest BCUT2D eigenvalue weighted by atomic mass is 10.4. The maximum absolute atomic E-state index is 11.3. The van der Waals surface area contributed by atoms with Crippen molar-refractivity contribution in [3.63, 3.8) is 0 Å².